The van der Waals surface area contributed by atoms with Gasteiger partial charge in [-0.1, -0.05) is 28.4 Å². The Morgan fingerprint density at radius 3 is 2.72 bits per heavy atom. The molecule has 2 aromatic rings. The monoisotopic (exact) mass is 284 g/mol. The van der Waals surface area contributed by atoms with Gasteiger partial charge in [0.2, 0.25) is 11.7 Å². The van der Waals surface area contributed by atoms with Crippen LogP contribution >= 0.6 is 23.2 Å². The molecule has 1 saturated carbocycles. The first-order chi connectivity index (χ1) is 8.58. The molecule has 2 N–H and O–H groups in total. The Bertz CT molecular complexity index is 594. The van der Waals surface area contributed by atoms with Gasteiger partial charge in [-0.25, -0.2) is 4.98 Å². The van der Waals surface area contributed by atoms with E-state index in [2.05, 4.69) is 15.1 Å². The zero-order chi connectivity index (χ0) is 12.8. The summed E-state index contributed by atoms with van der Waals surface area (Å²) >= 11 is 11.8. The smallest absolute Gasteiger partial charge is 0.247 e. The van der Waals surface area contributed by atoms with E-state index < -0.39 is 5.54 Å². The standard InChI is InChI=1S/C11H10Cl2N4O/c12-6-4-7(13)8(15-5-6)9-16-10(18-17-9)11(14)2-1-3-11/h4-5H,1-3,14H2. The number of hydrogen-bond acceptors (Lipinski definition) is 5. The molecule has 0 bridgehead atoms. The summed E-state index contributed by atoms with van der Waals surface area (Å²) < 4.78 is 5.19. The van der Waals surface area contributed by atoms with Crippen LogP contribution in [0.1, 0.15) is 25.2 Å². The van der Waals surface area contributed by atoms with E-state index in [1.54, 1.807) is 6.07 Å². The summed E-state index contributed by atoms with van der Waals surface area (Å²) in [5.74, 6) is 0.778. The summed E-state index contributed by atoms with van der Waals surface area (Å²) in [5, 5.41) is 4.71. The molecule has 94 valence electrons. The van der Waals surface area contributed by atoms with E-state index in [1.807, 2.05) is 0 Å². The van der Waals surface area contributed by atoms with Crippen molar-refractivity contribution in [1.29, 1.82) is 0 Å². The molecule has 0 aromatic carbocycles. The zero-order valence-electron chi connectivity index (χ0n) is 9.36. The Morgan fingerprint density at radius 1 is 1.33 bits per heavy atom. The summed E-state index contributed by atoms with van der Waals surface area (Å²) in [5.41, 5.74) is 6.07. The Labute approximate surface area is 113 Å². The Hall–Kier alpha value is -1.17. The minimum Gasteiger partial charge on any atom is -0.337 e. The van der Waals surface area contributed by atoms with Gasteiger partial charge in [0.1, 0.15) is 5.69 Å². The van der Waals surface area contributed by atoms with Crippen LogP contribution in [-0.2, 0) is 5.54 Å². The predicted octanol–water partition coefficient (Wildman–Crippen LogP) is 2.78. The van der Waals surface area contributed by atoms with Gasteiger partial charge in [0, 0.05) is 6.20 Å². The quantitative estimate of drug-likeness (QED) is 0.917. The molecule has 7 heteroatoms. The molecule has 2 heterocycles. The van der Waals surface area contributed by atoms with E-state index in [0.29, 0.717) is 27.5 Å². The third kappa shape index (κ3) is 1.88. The number of halogens is 2. The number of rotatable bonds is 2. The minimum atomic E-state index is -0.482. The van der Waals surface area contributed by atoms with Crippen molar-refractivity contribution in [3.63, 3.8) is 0 Å². The molecule has 2 aromatic heterocycles. The molecule has 1 aliphatic carbocycles. The summed E-state index contributed by atoms with van der Waals surface area (Å²) in [7, 11) is 0. The van der Waals surface area contributed by atoms with Crippen LogP contribution in [0.15, 0.2) is 16.8 Å². The molecule has 1 fully saturated rings. The number of pyridine rings is 1. The third-order valence-corrected chi connectivity index (χ3v) is 3.61. The largest absolute Gasteiger partial charge is 0.337 e. The summed E-state index contributed by atoms with van der Waals surface area (Å²) in [6, 6.07) is 1.59. The second kappa shape index (κ2) is 4.19. The number of hydrogen-bond donors (Lipinski definition) is 1. The van der Waals surface area contributed by atoms with Crippen molar-refractivity contribution in [2.75, 3.05) is 0 Å². The Morgan fingerprint density at radius 2 is 2.11 bits per heavy atom. The van der Waals surface area contributed by atoms with E-state index in [1.165, 1.54) is 6.20 Å². The lowest BCUT2D eigenvalue weighted by atomic mass is 9.78. The van der Waals surface area contributed by atoms with E-state index in [4.69, 9.17) is 33.5 Å². The topological polar surface area (TPSA) is 77.8 Å². The van der Waals surface area contributed by atoms with Gasteiger partial charge in [-0.3, -0.25) is 0 Å². The highest BCUT2D eigenvalue weighted by molar-refractivity contribution is 6.35. The molecule has 0 unspecified atom stereocenters. The van der Waals surface area contributed by atoms with Crippen molar-refractivity contribution in [3.8, 4) is 11.5 Å². The van der Waals surface area contributed by atoms with Crippen LogP contribution in [0.2, 0.25) is 10.0 Å². The minimum absolute atomic E-state index is 0.336. The van der Waals surface area contributed by atoms with Crippen LogP contribution < -0.4 is 5.73 Å². The summed E-state index contributed by atoms with van der Waals surface area (Å²) in [4.78, 5) is 8.37. The van der Waals surface area contributed by atoms with Crippen molar-refractivity contribution in [2.24, 2.45) is 5.73 Å². The molecular weight excluding hydrogens is 275 g/mol. The Balaban J connectivity index is 1.97. The molecule has 0 radical (unpaired) electrons. The molecule has 0 atom stereocenters. The lowest BCUT2D eigenvalue weighted by molar-refractivity contribution is 0.181. The molecule has 3 rings (SSSR count). The lowest BCUT2D eigenvalue weighted by Gasteiger charge is -2.33. The fourth-order valence-electron chi connectivity index (χ4n) is 1.87. The van der Waals surface area contributed by atoms with E-state index in [-0.39, 0.29) is 0 Å². The summed E-state index contributed by atoms with van der Waals surface area (Å²) in [6.45, 7) is 0. The first-order valence-corrected chi connectivity index (χ1v) is 6.29. The van der Waals surface area contributed by atoms with Gasteiger partial charge in [0.25, 0.3) is 0 Å². The first-order valence-electron chi connectivity index (χ1n) is 5.53. The predicted molar refractivity (Wildman–Crippen MR) is 67.3 cm³/mol. The second-order valence-corrected chi connectivity index (χ2v) is 5.26. The zero-order valence-corrected chi connectivity index (χ0v) is 10.9. The highest BCUT2D eigenvalue weighted by Crippen LogP contribution is 2.38. The van der Waals surface area contributed by atoms with Crippen LogP contribution in [0.4, 0.5) is 0 Å². The van der Waals surface area contributed by atoms with Gasteiger partial charge in [-0.15, -0.1) is 0 Å². The molecule has 0 aliphatic heterocycles. The molecule has 0 saturated heterocycles. The highest BCUT2D eigenvalue weighted by atomic mass is 35.5. The molecule has 0 amide bonds. The van der Waals surface area contributed by atoms with Crippen LogP contribution in [0.5, 0.6) is 0 Å². The third-order valence-electron chi connectivity index (χ3n) is 3.12. The van der Waals surface area contributed by atoms with Gasteiger partial charge in [-0.05, 0) is 25.3 Å². The van der Waals surface area contributed by atoms with Crippen molar-refractivity contribution in [1.82, 2.24) is 15.1 Å². The molecule has 1 aliphatic rings. The van der Waals surface area contributed by atoms with Crippen molar-refractivity contribution >= 4 is 23.2 Å². The van der Waals surface area contributed by atoms with E-state index >= 15 is 0 Å². The molecular formula is C11H10Cl2N4O. The number of aromatic nitrogens is 3. The molecule has 18 heavy (non-hydrogen) atoms. The van der Waals surface area contributed by atoms with Crippen molar-refractivity contribution < 1.29 is 4.52 Å². The van der Waals surface area contributed by atoms with E-state index in [0.717, 1.165) is 19.3 Å². The number of nitrogens with zero attached hydrogens (tertiary/aromatic N) is 3. The second-order valence-electron chi connectivity index (χ2n) is 4.42. The van der Waals surface area contributed by atoms with Crippen molar-refractivity contribution in [2.45, 2.75) is 24.8 Å². The fourth-order valence-corrected chi connectivity index (χ4v) is 2.34. The van der Waals surface area contributed by atoms with Crippen LogP contribution in [0.3, 0.4) is 0 Å². The van der Waals surface area contributed by atoms with Crippen LogP contribution in [-0.4, -0.2) is 15.1 Å². The van der Waals surface area contributed by atoms with Gasteiger partial charge in [-0.2, -0.15) is 4.98 Å². The lowest BCUT2D eigenvalue weighted by Crippen LogP contribution is -2.43. The normalized spacial score (nSPS) is 17.5. The maximum Gasteiger partial charge on any atom is 0.247 e. The fraction of sp³-hybridized carbons (Fsp3) is 0.364. The first kappa shape index (κ1) is 11.9. The van der Waals surface area contributed by atoms with Gasteiger partial charge in [0.15, 0.2) is 0 Å². The maximum absolute atomic E-state index is 6.11. The molecule has 5 nitrogen and oxygen atoms in total. The van der Waals surface area contributed by atoms with Gasteiger partial charge in [0.05, 0.1) is 15.6 Å². The summed E-state index contributed by atoms with van der Waals surface area (Å²) in [6.07, 6.45) is 4.28. The average Bonchev–Trinajstić information content (AvgIpc) is 2.75. The number of nitrogens with two attached hydrogens (primary N) is 1. The van der Waals surface area contributed by atoms with Crippen LogP contribution in [0.25, 0.3) is 11.5 Å². The average molecular weight is 285 g/mol. The Kier molecular flexibility index (Phi) is 2.77. The van der Waals surface area contributed by atoms with Crippen LogP contribution in [0, 0.1) is 0 Å². The molecule has 0 spiro atoms. The SMILES string of the molecule is NC1(c2nc(-c3ncc(Cl)cc3Cl)no2)CCC1. The van der Waals surface area contributed by atoms with Gasteiger partial charge < -0.3 is 10.3 Å². The van der Waals surface area contributed by atoms with E-state index in [9.17, 15) is 0 Å². The van der Waals surface area contributed by atoms with Crippen molar-refractivity contribution in [3.05, 3.63) is 28.2 Å². The van der Waals surface area contributed by atoms with Gasteiger partial charge >= 0.3 is 0 Å². The highest BCUT2D eigenvalue weighted by Gasteiger charge is 2.40. The maximum atomic E-state index is 6.11.